The number of nitrogens with zero attached hydrogens (tertiary/aromatic N) is 1. The van der Waals surface area contributed by atoms with Crippen LogP contribution in [0.5, 0.6) is 0 Å². The summed E-state index contributed by atoms with van der Waals surface area (Å²) in [7, 11) is -3.63. The summed E-state index contributed by atoms with van der Waals surface area (Å²) >= 11 is 0. The van der Waals surface area contributed by atoms with E-state index in [0.717, 1.165) is 12.8 Å². The minimum absolute atomic E-state index is 0.130. The summed E-state index contributed by atoms with van der Waals surface area (Å²) in [5.74, 6) is 0. The summed E-state index contributed by atoms with van der Waals surface area (Å²) in [5, 5.41) is 0. The van der Waals surface area contributed by atoms with E-state index in [4.69, 9.17) is 0 Å². The highest BCUT2D eigenvalue weighted by atomic mass is 32.2. The molecule has 0 aliphatic carbocycles. The van der Waals surface area contributed by atoms with Crippen molar-refractivity contribution in [1.29, 1.82) is 0 Å². The maximum absolute atomic E-state index is 11.1. The number of hydrogen-bond donors (Lipinski definition) is 0. The molecule has 124 valence electrons. The van der Waals surface area contributed by atoms with Crippen LogP contribution in [0, 0.1) is 0 Å². The molecule has 0 saturated carbocycles. The van der Waals surface area contributed by atoms with Crippen LogP contribution in [0.2, 0.25) is 0 Å². The van der Waals surface area contributed by atoms with E-state index < -0.39 is 10.1 Å². The molecule has 0 aromatic heterocycles. The van der Waals surface area contributed by atoms with Crippen molar-refractivity contribution >= 4 is 10.1 Å². The monoisotopic (exact) mass is 326 g/mol. The zero-order valence-electron chi connectivity index (χ0n) is 13.9. The lowest BCUT2D eigenvalue weighted by atomic mass is 10.3. The van der Waals surface area contributed by atoms with E-state index in [1.54, 1.807) is 18.2 Å². The molecule has 4 nitrogen and oxygen atoms in total. The molecule has 0 N–H and O–H groups in total. The fourth-order valence-electron chi connectivity index (χ4n) is 2.06. The summed E-state index contributed by atoms with van der Waals surface area (Å²) < 4.78 is 27.8. The average molecular weight is 326 g/mol. The van der Waals surface area contributed by atoms with Crippen molar-refractivity contribution < 1.29 is 17.1 Å². The highest BCUT2D eigenvalue weighted by Crippen LogP contribution is 2.10. The van der Waals surface area contributed by atoms with E-state index in [0.29, 0.717) is 0 Å². The second-order valence-corrected chi connectivity index (χ2v) is 6.36. The summed E-state index contributed by atoms with van der Waals surface area (Å²) in [4.78, 5) is 0.130. The van der Waals surface area contributed by atoms with Crippen LogP contribution in [0.3, 0.4) is 0 Å². The Balaban J connectivity index is 0.000000409. The maximum Gasteiger partial charge on any atom is 0.338 e. The molecule has 0 radical (unpaired) electrons. The third kappa shape index (κ3) is 6.45. The molecular weight excluding hydrogens is 298 g/mol. The van der Waals surface area contributed by atoms with Crippen LogP contribution in [-0.2, 0) is 14.3 Å². The van der Waals surface area contributed by atoms with Crippen molar-refractivity contribution in [3.05, 3.63) is 55.8 Å². The first-order chi connectivity index (χ1) is 10.4. The highest BCUT2D eigenvalue weighted by molar-refractivity contribution is 7.86. The summed E-state index contributed by atoms with van der Waals surface area (Å²) in [6, 6.07) is 7.89. The molecule has 0 aliphatic rings. The molecule has 0 atom stereocenters. The van der Waals surface area contributed by atoms with Gasteiger partial charge in [0.05, 0.1) is 32.4 Å². The van der Waals surface area contributed by atoms with Crippen LogP contribution in [-0.4, -0.2) is 39.1 Å². The third-order valence-electron chi connectivity index (χ3n) is 3.76. The van der Waals surface area contributed by atoms with Gasteiger partial charge in [0.25, 0.3) is 0 Å². The fourth-order valence-corrected chi connectivity index (χ4v) is 2.85. The van der Waals surface area contributed by atoms with Crippen LogP contribution in [0.1, 0.15) is 20.8 Å². The van der Waals surface area contributed by atoms with E-state index in [1.165, 1.54) is 36.3 Å². The lowest BCUT2D eigenvalue weighted by Crippen LogP contribution is -2.47. The SMILES string of the molecule is C=CC[N+](CC)(CC)CC.C=COS(=O)(=O)c1ccccc1. The Morgan fingerprint density at radius 2 is 1.55 bits per heavy atom. The van der Waals surface area contributed by atoms with Crippen molar-refractivity contribution in [2.45, 2.75) is 25.7 Å². The Labute approximate surface area is 135 Å². The topological polar surface area (TPSA) is 43.4 Å². The van der Waals surface area contributed by atoms with Gasteiger partial charge in [0.15, 0.2) is 0 Å². The summed E-state index contributed by atoms with van der Waals surface area (Å²) in [6.07, 6.45) is 2.92. The molecule has 0 amide bonds. The van der Waals surface area contributed by atoms with Crippen molar-refractivity contribution in [2.75, 3.05) is 26.2 Å². The first-order valence-corrected chi connectivity index (χ1v) is 8.87. The molecule has 1 aromatic carbocycles. The zero-order valence-corrected chi connectivity index (χ0v) is 14.7. The van der Waals surface area contributed by atoms with Crippen molar-refractivity contribution in [1.82, 2.24) is 0 Å². The number of benzene rings is 1. The summed E-state index contributed by atoms with van der Waals surface area (Å²) in [6.45, 7) is 18.5. The predicted octanol–water partition coefficient (Wildman–Crippen LogP) is 3.58. The molecule has 1 aromatic rings. The predicted molar refractivity (Wildman–Crippen MR) is 91.9 cm³/mol. The third-order valence-corrected chi connectivity index (χ3v) is 4.99. The van der Waals surface area contributed by atoms with Crippen molar-refractivity contribution in [3.63, 3.8) is 0 Å². The molecule has 0 heterocycles. The Kier molecular flexibility index (Phi) is 9.45. The smallest absolute Gasteiger partial charge is 0.338 e. The van der Waals surface area contributed by atoms with Crippen LogP contribution < -0.4 is 0 Å². The Hall–Kier alpha value is -1.59. The van der Waals surface area contributed by atoms with Crippen molar-refractivity contribution in [2.24, 2.45) is 0 Å². The molecule has 1 rings (SSSR count). The summed E-state index contributed by atoms with van der Waals surface area (Å²) in [5.41, 5.74) is 0. The number of quaternary nitrogens is 1. The van der Waals surface area contributed by atoms with Gasteiger partial charge < -0.3 is 8.67 Å². The lowest BCUT2D eigenvalue weighted by Gasteiger charge is -2.34. The van der Waals surface area contributed by atoms with Gasteiger partial charge in [-0.15, -0.1) is 0 Å². The molecule has 0 bridgehead atoms. The maximum atomic E-state index is 11.1. The van der Waals surface area contributed by atoms with Gasteiger partial charge in [-0.1, -0.05) is 31.4 Å². The van der Waals surface area contributed by atoms with E-state index in [1.807, 2.05) is 6.08 Å². The van der Waals surface area contributed by atoms with Gasteiger partial charge in [-0.25, -0.2) is 0 Å². The fraction of sp³-hybridized carbons (Fsp3) is 0.412. The van der Waals surface area contributed by atoms with Gasteiger partial charge in [0.2, 0.25) is 0 Å². The van der Waals surface area contributed by atoms with E-state index >= 15 is 0 Å². The molecule has 5 heteroatoms. The molecule has 0 unspecified atom stereocenters. The van der Waals surface area contributed by atoms with Gasteiger partial charge in [-0.2, -0.15) is 8.42 Å². The molecular formula is C17H28NO3S+. The molecule has 0 aliphatic heterocycles. The first-order valence-electron chi connectivity index (χ1n) is 7.46. The minimum Gasteiger partial charge on any atom is -0.388 e. The molecule has 22 heavy (non-hydrogen) atoms. The molecule has 0 spiro atoms. The van der Waals surface area contributed by atoms with E-state index in [9.17, 15) is 8.42 Å². The van der Waals surface area contributed by atoms with Gasteiger partial charge in [-0.05, 0) is 39.0 Å². The standard InChI is InChI=1S/C9H20N.C8H8O3S/c1-5-9-10(6-2,7-3)8-4;1-2-11-12(9,10)8-6-4-3-5-7-8/h5H,1,6-9H2,2-4H3;2-7H,1H2/q+1;. The number of rotatable bonds is 8. The van der Waals surface area contributed by atoms with Crippen LogP contribution >= 0.6 is 0 Å². The zero-order chi connectivity index (χ0) is 17.1. The second kappa shape index (κ2) is 10.2. The Bertz CT molecular complexity index is 526. The van der Waals surface area contributed by atoms with Gasteiger partial charge in [0.1, 0.15) is 4.90 Å². The highest BCUT2D eigenvalue weighted by Gasteiger charge is 2.17. The molecule has 0 fully saturated rings. The minimum atomic E-state index is -3.63. The van der Waals surface area contributed by atoms with Gasteiger partial charge >= 0.3 is 10.1 Å². The second-order valence-electron chi connectivity index (χ2n) is 4.79. The first kappa shape index (κ1) is 20.4. The number of likely N-dealkylation sites (N-methyl/N-ethyl adjacent to an activating group) is 1. The van der Waals surface area contributed by atoms with E-state index in [-0.39, 0.29) is 4.90 Å². The Morgan fingerprint density at radius 1 is 1.05 bits per heavy atom. The van der Waals surface area contributed by atoms with Gasteiger partial charge in [-0.3, -0.25) is 0 Å². The Morgan fingerprint density at radius 3 is 1.86 bits per heavy atom. The molecule has 0 saturated heterocycles. The normalized spacial score (nSPS) is 11.0. The van der Waals surface area contributed by atoms with Crippen LogP contribution in [0.25, 0.3) is 0 Å². The van der Waals surface area contributed by atoms with Crippen molar-refractivity contribution in [3.8, 4) is 0 Å². The quantitative estimate of drug-likeness (QED) is 0.317. The van der Waals surface area contributed by atoms with Crippen LogP contribution in [0.4, 0.5) is 0 Å². The van der Waals surface area contributed by atoms with Gasteiger partial charge in [0, 0.05) is 0 Å². The van der Waals surface area contributed by atoms with E-state index in [2.05, 4.69) is 38.1 Å². The lowest BCUT2D eigenvalue weighted by molar-refractivity contribution is -0.917. The largest absolute Gasteiger partial charge is 0.388 e. The average Bonchev–Trinajstić information content (AvgIpc) is 2.54. The number of hydrogen-bond acceptors (Lipinski definition) is 3. The van der Waals surface area contributed by atoms with Crippen LogP contribution in [0.15, 0.2) is 60.7 Å².